The summed E-state index contributed by atoms with van der Waals surface area (Å²) in [7, 11) is 3.84. The molecule has 2 heteroatoms. The molecule has 1 saturated carbocycles. The summed E-state index contributed by atoms with van der Waals surface area (Å²) in [5.41, 5.74) is 2.75. The molecule has 0 spiro atoms. The predicted octanol–water partition coefficient (Wildman–Crippen LogP) is 3.50. The van der Waals surface area contributed by atoms with E-state index >= 15 is 0 Å². The Morgan fingerprint density at radius 2 is 2.06 bits per heavy atom. The third kappa shape index (κ3) is 2.86. The topological polar surface area (TPSA) is 21.3 Å². The van der Waals surface area contributed by atoms with Crippen LogP contribution >= 0.6 is 0 Å². The Bertz CT molecular complexity index is 387. The lowest BCUT2D eigenvalue weighted by atomic mass is 9.75. The number of nitrogens with one attached hydrogen (secondary N) is 1. The molecule has 1 aliphatic rings. The maximum absolute atomic E-state index is 5.56. The Balaban J connectivity index is 2.29. The van der Waals surface area contributed by atoms with E-state index in [1.807, 2.05) is 0 Å². The highest BCUT2D eigenvalue weighted by Gasteiger charge is 2.28. The van der Waals surface area contributed by atoms with Crippen molar-refractivity contribution in [1.82, 2.24) is 5.32 Å². The van der Waals surface area contributed by atoms with Crippen LogP contribution in [0.4, 0.5) is 0 Å². The lowest BCUT2D eigenvalue weighted by Gasteiger charge is -2.33. The molecule has 2 rings (SSSR count). The molecule has 0 radical (unpaired) electrons. The van der Waals surface area contributed by atoms with Crippen LogP contribution in [0, 0.1) is 12.8 Å². The molecule has 1 fully saturated rings. The summed E-state index contributed by atoms with van der Waals surface area (Å²) in [5, 5.41) is 3.35. The van der Waals surface area contributed by atoms with Crippen molar-refractivity contribution < 1.29 is 4.74 Å². The fourth-order valence-electron chi connectivity index (χ4n) is 3.27. The van der Waals surface area contributed by atoms with E-state index in [-0.39, 0.29) is 0 Å². The molecule has 0 amide bonds. The van der Waals surface area contributed by atoms with Crippen LogP contribution in [-0.2, 0) is 0 Å². The van der Waals surface area contributed by atoms with Gasteiger partial charge in [-0.3, -0.25) is 0 Å². The smallest absolute Gasteiger partial charge is 0.122 e. The molecule has 1 aromatic carbocycles. The van der Waals surface area contributed by atoms with Gasteiger partial charge >= 0.3 is 0 Å². The standard InChI is InChI=1S/C16H25NO/c1-12-8-9-16(18-3)15(10-12)14-7-5-4-6-13(14)11-17-2/h8-10,13-14,17H,4-7,11H2,1-3H3. The van der Waals surface area contributed by atoms with Crippen molar-refractivity contribution in [2.45, 2.75) is 38.5 Å². The summed E-state index contributed by atoms with van der Waals surface area (Å²) in [6.45, 7) is 3.28. The first kappa shape index (κ1) is 13.4. The van der Waals surface area contributed by atoms with Gasteiger partial charge in [-0.05, 0) is 56.8 Å². The van der Waals surface area contributed by atoms with Crippen LogP contribution in [0.5, 0.6) is 5.75 Å². The number of hydrogen-bond acceptors (Lipinski definition) is 2. The Labute approximate surface area is 111 Å². The van der Waals surface area contributed by atoms with Gasteiger partial charge in [0.25, 0.3) is 0 Å². The minimum atomic E-state index is 0.654. The molecule has 0 saturated heterocycles. The van der Waals surface area contributed by atoms with E-state index in [0.717, 1.165) is 18.2 Å². The van der Waals surface area contributed by atoms with E-state index in [1.165, 1.54) is 36.8 Å². The highest BCUT2D eigenvalue weighted by Crippen LogP contribution is 2.41. The van der Waals surface area contributed by atoms with Crippen LogP contribution < -0.4 is 10.1 Å². The Hall–Kier alpha value is -1.02. The molecular weight excluding hydrogens is 222 g/mol. The van der Waals surface area contributed by atoms with E-state index in [0.29, 0.717) is 5.92 Å². The average molecular weight is 247 g/mol. The van der Waals surface area contributed by atoms with Gasteiger partial charge in [0.05, 0.1) is 7.11 Å². The summed E-state index contributed by atoms with van der Waals surface area (Å²) in [5.74, 6) is 2.47. The van der Waals surface area contributed by atoms with Gasteiger partial charge in [-0.15, -0.1) is 0 Å². The maximum atomic E-state index is 5.56. The first-order valence-corrected chi connectivity index (χ1v) is 7.05. The van der Waals surface area contributed by atoms with Crippen molar-refractivity contribution in [2.75, 3.05) is 20.7 Å². The lowest BCUT2D eigenvalue weighted by molar-refractivity contribution is 0.292. The van der Waals surface area contributed by atoms with Gasteiger partial charge in [0, 0.05) is 0 Å². The first-order chi connectivity index (χ1) is 8.76. The van der Waals surface area contributed by atoms with Crippen LogP contribution in [0.3, 0.4) is 0 Å². The van der Waals surface area contributed by atoms with Crippen molar-refractivity contribution in [3.8, 4) is 5.75 Å². The van der Waals surface area contributed by atoms with E-state index in [1.54, 1.807) is 7.11 Å². The second-order valence-corrected chi connectivity index (χ2v) is 5.45. The first-order valence-electron chi connectivity index (χ1n) is 7.05. The fourth-order valence-corrected chi connectivity index (χ4v) is 3.27. The molecule has 2 atom stereocenters. The minimum absolute atomic E-state index is 0.654. The normalized spacial score (nSPS) is 23.9. The number of rotatable bonds is 4. The zero-order valence-corrected chi connectivity index (χ0v) is 11.8. The van der Waals surface area contributed by atoms with Crippen LogP contribution in [0.1, 0.15) is 42.7 Å². The van der Waals surface area contributed by atoms with Crippen molar-refractivity contribution in [2.24, 2.45) is 5.92 Å². The third-order valence-electron chi connectivity index (χ3n) is 4.16. The highest BCUT2D eigenvalue weighted by atomic mass is 16.5. The van der Waals surface area contributed by atoms with Crippen LogP contribution in [0.15, 0.2) is 18.2 Å². The second kappa shape index (κ2) is 6.24. The number of ether oxygens (including phenoxy) is 1. The van der Waals surface area contributed by atoms with Gasteiger partial charge in [0.15, 0.2) is 0 Å². The molecule has 18 heavy (non-hydrogen) atoms. The minimum Gasteiger partial charge on any atom is -0.496 e. The molecule has 100 valence electrons. The third-order valence-corrected chi connectivity index (χ3v) is 4.16. The quantitative estimate of drug-likeness (QED) is 0.879. The Morgan fingerprint density at radius 1 is 1.28 bits per heavy atom. The molecule has 1 N–H and O–H groups in total. The zero-order valence-electron chi connectivity index (χ0n) is 11.8. The van der Waals surface area contributed by atoms with Gasteiger partial charge in [0.1, 0.15) is 5.75 Å². The lowest BCUT2D eigenvalue weighted by Crippen LogP contribution is -2.27. The molecule has 1 aliphatic carbocycles. The largest absolute Gasteiger partial charge is 0.496 e. The number of aryl methyl sites for hydroxylation is 1. The molecule has 1 aromatic rings. The SMILES string of the molecule is CNCC1CCCCC1c1cc(C)ccc1OC. The van der Waals surface area contributed by atoms with Crippen molar-refractivity contribution in [3.05, 3.63) is 29.3 Å². The molecule has 0 heterocycles. The zero-order chi connectivity index (χ0) is 13.0. The number of benzene rings is 1. The monoisotopic (exact) mass is 247 g/mol. The maximum Gasteiger partial charge on any atom is 0.122 e. The van der Waals surface area contributed by atoms with Gasteiger partial charge in [-0.1, -0.05) is 30.5 Å². The van der Waals surface area contributed by atoms with Crippen molar-refractivity contribution >= 4 is 0 Å². The van der Waals surface area contributed by atoms with Crippen LogP contribution in [-0.4, -0.2) is 20.7 Å². The number of methoxy groups -OCH3 is 1. The average Bonchev–Trinajstić information content (AvgIpc) is 2.40. The summed E-state index contributed by atoms with van der Waals surface area (Å²) in [4.78, 5) is 0. The van der Waals surface area contributed by atoms with E-state index in [9.17, 15) is 0 Å². The Kier molecular flexibility index (Phi) is 4.65. The van der Waals surface area contributed by atoms with E-state index in [2.05, 4.69) is 37.5 Å². The summed E-state index contributed by atoms with van der Waals surface area (Å²) < 4.78 is 5.56. The van der Waals surface area contributed by atoms with Gasteiger partial charge in [-0.25, -0.2) is 0 Å². The van der Waals surface area contributed by atoms with Gasteiger partial charge in [-0.2, -0.15) is 0 Å². The van der Waals surface area contributed by atoms with Crippen LogP contribution in [0.2, 0.25) is 0 Å². The van der Waals surface area contributed by atoms with E-state index < -0.39 is 0 Å². The summed E-state index contributed by atoms with van der Waals surface area (Å²) >= 11 is 0. The van der Waals surface area contributed by atoms with Crippen LogP contribution in [0.25, 0.3) is 0 Å². The fraction of sp³-hybridized carbons (Fsp3) is 0.625. The summed E-state index contributed by atoms with van der Waals surface area (Å²) in [6.07, 6.45) is 5.35. The molecule has 0 bridgehead atoms. The van der Waals surface area contributed by atoms with Crippen molar-refractivity contribution in [3.63, 3.8) is 0 Å². The highest BCUT2D eigenvalue weighted by molar-refractivity contribution is 5.40. The molecule has 2 unspecified atom stereocenters. The van der Waals surface area contributed by atoms with Gasteiger partial charge < -0.3 is 10.1 Å². The molecule has 2 nitrogen and oxygen atoms in total. The molecule has 0 aliphatic heterocycles. The molecular formula is C16H25NO. The number of hydrogen-bond donors (Lipinski definition) is 1. The van der Waals surface area contributed by atoms with Crippen molar-refractivity contribution in [1.29, 1.82) is 0 Å². The second-order valence-electron chi connectivity index (χ2n) is 5.45. The predicted molar refractivity (Wildman–Crippen MR) is 76.4 cm³/mol. The summed E-state index contributed by atoms with van der Waals surface area (Å²) in [6, 6.07) is 6.57. The van der Waals surface area contributed by atoms with E-state index in [4.69, 9.17) is 4.74 Å². The Morgan fingerprint density at radius 3 is 2.78 bits per heavy atom. The molecule has 0 aromatic heterocycles. The van der Waals surface area contributed by atoms with Gasteiger partial charge in [0.2, 0.25) is 0 Å².